The van der Waals surface area contributed by atoms with E-state index in [1.54, 1.807) is 0 Å². The first-order valence-corrected chi connectivity index (χ1v) is 4.61. The Morgan fingerprint density at radius 3 is 3.00 bits per heavy atom. The fourth-order valence-electron chi connectivity index (χ4n) is 0.870. The second kappa shape index (κ2) is 4.31. The number of carbonyl (C=O) groups excluding carboxylic acids is 1. The highest BCUT2D eigenvalue weighted by Crippen LogP contribution is 2.10. The minimum atomic E-state index is -0.338. The molecule has 1 aromatic rings. The molecule has 0 fully saturated rings. The van der Waals surface area contributed by atoms with Crippen molar-refractivity contribution in [3.63, 3.8) is 0 Å². The first-order chi connectivity index (χ1) is 6.13. The molecule has 72 valence electrons. The zero-order valence-electron chi connectivity index (χ0n) is 7.57. The van der Waals surface area contributed by atoms with Gasteiger partial charge in [0.15, 0.2) is 5.01 Å². The number of amides is 1. The third kappa shape index (κ3) is 2.76. The lowest BCUT2D eigenvalue weighted by molar-refractivity contribution is 0.0953. The molecule has 0 saturated carbocycles. The van der Waals surface area contributed by atoms with Crippen LogP contribution >= 0.6 is 11.3 Å². The molecule has 0 radical (unpaired) electrons. The number of thiazole rings is 1. The number of nitrogen functional groups attached to an aromatic ring is 1. The van der Waals surface area contributed by atoms with E-state index in [0.29, 0.717) is 5.01 Å². The van der Waals surface area contributed by atoms with Gasteiger partial charge in [0, 0.05) is 11.9 Å². The summed E-state index contributed by atoms with van der Waals surface area (Å²) < 4.78 is 0. The fourth-order valence-corrected chi connectivity index (χ4v) is 1.58. The van der Waals surface area contributed by atoms with Crippen molar-refractivity contribution in [2.75, 3.05) is 14.1 Å². The van der Waals surface area contributed by atoms with Gasteiger partial charge in [-0.1, -0.05) is 0 Å². The quantitative estimate of drug-likeness (QED) is 0.403. The number of nitrogens with zero attached hydrogens (tertiary/aromatic N) is 2. The largest absolute Gasteiger partial charge is 0.304 e. The van der Waals surface area contributed by atoms with Gasteiger partial charge < -0.3 is 4.90 Å². The Morgan fingerprint density at radius 2 is 2.46 bits per heavy atom. The Labute approximate surface area is 80.5 Å². The lowest BCUT2D eigenvalue weighted by Gasteiger charge is -2.05. The molecule has 0 unspecified atom stereocenters. The van der Waals surface area contributed by atoms with E-state index in [1.807, 2.05) is 29.8 Å². The molecule has 0 aliphatic carbocycles. The third-order valence-electron chi connectivity index (χ3n) is 1.36. The molecule has 0 spiro atoms. The molecule has 1 amide bonds. The second-order valence-corrected chi connectivity index (χ2v) is 3.71. The molecule has 0 aliphatic rings. The van der Waals surface area contributed by atoms with Gasteiger partial charge in [-0.2, -0.15) is 0 Å². The maximum absolute atomic E-state index is 11.0. The summed E-state index contributed by atoms with van der Waals surface area (Å²) in [6, 6.07) is 0. The van der Waals surface area contributed by atoms with Crippen LogP contribution < -0.4 is 11.3 Å². The van der Waals surface area contributed by atoms with Crippen LogP contribution in [0.25, 0.3) is 0 Å². The highest BCUT2D eigenvalue weighted by molar-refractivity contribution is 7.11. The fraction of sp³-hybridized carbons (Fsp3) is 0.429. The van der Waals surface area contributed by atoms with Gasteiger partial charge >= 0.3 is 0 Å². The van der Waals surface area contributed by atoms with Crippen molar-refractivity contribution in [1.29, 1.82) is 0 Å². The smallest absolute Gasteiger partial charge is 0.294 e. The molecule has 6 heteroatoms. The molecule has 3 N–H and O–H groups in total. The lowest BCUT2D eigenvalue weighted by Crippen LogP contribution is -2.29. The Kier molecular flexibility index (Phi) is 3.35. The van der Waals surface area contributed by atoms with Gasteiger partial charge in [0.1, 0.15) is 0 Å². The molecular weight excluding hydrogens is 188 g/mol. The molecule has 0 bridgehead atoms. The van der Waals surface area contributed by atoms with Gasteiger partial charge in [-0.25, -0.2) is 10.8 Å². The molecule has 1 heterocycles. The highest BCUT2D eigenvalue weighted by Gasteiger charge is 2.09. The van der Waals surface area contributed by atoms with Crippen LogP contribution in [0.5, 0.6) is 0 Å². The topological polar surface area (TPSA) is 71.2 Å². The minimum absolute atomic E-state index is 0.338. The number of aromatic nitrogens is 1. The molecule has 1 rings (SSSR count). The van der Waals surface area contributed by atoms with Crippen LogP contribution in [0.3, 0.4) is 0 Å². The van der Waals surface area contributed by atoms with Crippen LogP contribution in [0.4, 0.5) is 0 Å². The first-order valence-electron chi connectivity index (χ1n) is 3.73. The summed E-state index contributed by atoms with van der Waals surface area (Å²) in [5.41, 5.74) is 2.93. The average Bonchev–Trinajstić information content (AvgIpc) is 2.50. The molecular formula is C7H12N4OS. The summed E-state index contributed by atoms with van der Waals surface area (Å²) >= 11 is 1.29. The second-order valence-electron chi connectivity index (χ2n) is 2.86. The van der Waals surface area contributed by atoms with Gasteiger partial charge in [-0.05, 0) is 14.1 Å². The number of hydrazine groups is 1. The monoisotopic (exact) mass is 200 g/mol. The van der Waals surface area contributed by atoms with E-state index in [9.17, 15) is 4.79 Å². The van der Waals surface area contributed by atoms with Crippen LogP contribution in [0.1, 0.15) is 15.5 Å². The number of hydrogen-bond donors (Lipinski definition) is 2. The SMILES string of the molecule is CN(C)Cc1csc(C(=O)NN)n1. The molecule has 0 atom stereocenters. The van der Waals surface area contributed by atoms with Crippen molar-refractivity contribution in [2.45, 2.75) is 6.54 Å². The predicted molar refractivity (Wildman–Crippen MR) is 51.2 cm³/mol. The van der Waals surface area contributed by atoms with Crippen LogP contribution in [0.2, 0.25) is 0 Å². The molecule has 1 aromatic heterocycles. The Hall–Kier alpha value is -0.980. The predicted octanol–water partition coefficient (Wildman–Crippen LogP) is -0.192. The van der Waals surface area contributed by atoms with Crippen LogP contribution in [0, 0.1) is 0 Å². The maximum atomic E-state index is 11.0. The number of rotatable bonds is 3. The van der Waals surface area contributed by atoms with Crippen molar-refractivity contribution in [3.8, 4) is 0 Å². The van der Waals surface area contributed by atoms with Gasteiger partial charge in [-0.15, -0.1) is 11.3 Å². The Bertz CT molecular complexity index is 296. The van der Waals surface area contributed by atoms with Crippen molar-refractivity contribution in [2.24, 2.45) is 5.84 Å². The molecule has 0 aromatic carbocycles. The molecule has 13 heavy (non-hydrogen) atoms. The van der Waals surface area contributed by atoms with E-state index < -0.39 is 0 Å². The number of carbonyl (C=O) groups is 1. The third-order valence-corrected chi connectivity index (χ3v) is 2.25. The summed E-state index contributed by atoms with van der Waals surface area (Å²) in [6.45, 7) is 0.731. The van der Waals surface area contributed by atoms with Gasteiger partial charge in [0.2, 0.25) is 0 Å². The highest BCUT2D eigenvalue weighted by atomic mass is 32.1. The van der Waals surface area contributed by atoms with Gasteiger partial charge in [0.25, 0.3) is 5.91 Å². The average molecular weight is 200 g/mol. The first kappa shape index (κ1) is 10.1. The maximum Gasteiger partial charge on any atom is 0.294 e. The standard InChI is InChI=1S/C7H12N4OS/c1-11(2)3-5-4-13-7(9-5)6(12)10-8/h4H,3,8H2,1-2H3,(H,10,12). The molecule has 5 nitrogen and oxygen atoms in total. The number of nitrogens with two attached hydrogens (primary N) is 1. The van der Waals surface area contributed by atoms with Crippen LogP contribution in [0.15, 0.2) is 5.38 Å². The number of hydrogen-bond acceptors (Lipinski definition) is 5. The molecule has 0 aliphatic heterocycles. The number of nitrogens with one attached hydrogen (secondary N) is 1. The summed E-state index contributed by atoms with van der Waals surface area (Å²) in [6.07, 6.45) is 0. The van der Waals surface area contributed by atoms with E-state index in [-0.39, 0.29) is 5.91 Å². The van der Waals surface area contributed by atoms with Crippen LogP contribution in [-0.2, 0) is 6.54 Å². The van der Waals surface area contributed by atoms with E-state index in [1.165, 1.54) is 11.3 Å². The summed E-state index contributed by atoms with van der Waals surface area (Å²) in [5.74, 6) is 4.63. The molecule has 0 saturated heterocycles. The zero-order valence-corrected chi connectivity index (χ0v) is 8.39. The lowest BCUT2D eigenvalue weighted by atomic mass is 10.4. The normalized spacial score (nSPS) is 10.5. The van der Waals surface area contributed by atoms with E-state index >= 15 is 0 Å². The van der Waals surface area contributed by atoms with Crippen molar-refractivity contribution >= 4 is 17.2 Å². The summed E-state index contributed by atoms with van der Waals surface area (Å²) in [7, 11) is 3.89. The van der Waals surface area contributed by atoms with Gasteiger partial charge in [-0.3, -0.25) is 10.2 Å². The van der Waals surface area contributed by atoms with Crippen LogP contribution in [-0.4, -0.2) is 29.9 Å². The van der Waals surface area contributed by atoms with E-state index in [4.69, 9.17) is 5.84 Å². The Morgan fingerprint density at radius 1 is 1.77 bits per heavy atom. The van der Waals surface area contributed by atoms with E-state index in [2.05, 4.69) is 4.98 Å². The minimum Gasteiger partial charge on any atom is -0.304 e. The van der Waals surface area contributed by atoms with Gasteiger partial charge in [0.05, 0.1) is 5.69 Å². The van der Waals surface area contributed by atoms with Crippen molar-refractivity contribution in [3.05, 3.63) is 16.1 Å². The van der Waals surface area contributed by atoms with Crippen molar-refractivity contribution < 1.29 is 4.79 Å². The summed E-state index contributed by atoms with van der Waals surface area (Å²) in [5, 5.41) is 2.25. The Balaban J connectivity index is 2.69. The van der Waals surface area contributed by atoms with Crippen molar-refractivity contribution in [1.82, 2.24) is 15.3 Å². The van der Waals surface area contributed by atoms with E-state index in [0.717, 1.165) is 12.2 Å². The zero-order chi connectivity index (χ0) is 9.84. The summed E-state index contributed by atoms with van der Waals surface area (Å²) in [4.78, 5) is 17.1.